The summed E-state index contributed by atoms with van der Waals surface area (Å²) in [7, 11) is 0. The lowest BCUT2D eigenvalue weighted by Gasteiger charge is -2.34. The quantitative estimate of drug-likeness (QED) is 0.672. The molecule has 33 heavy (non-hydrogen) atoms. The van der Waals surface area contributed by atoms with Crippen LogP contribution in [0.2, 0.25) is 0 Å². The van der Waals surface area contributed by atoms with E-state index in [1.165, 1.54) is 21.7 Å². The van der Waals surface area contributed by atoms with E-state index in [9.17, 15) is 9.59 Å². The highest BCUT2D eigenvalue weighted by Gasteiger charge is 2.48. The summed E-state index contributed by atoms with van der Waals surface area (Å²) in [5, 5.41) is 6.39. The first-order valence-corrected chi connectivity index (χ1v) is 11.3. The third-order valence-corrected chi connectivity index (χ3v) is 6.82. The summed E-state index contributed by atoms with van der Waals surface area (Å²) in [4.78, 5) is 27.3. The summed E-state index contributed by atoms with van der Waals surface area (Å²) in [5.74, 6) is -0.235. The van der Waals surface area contributed by atoms with Crippen molar-refractivity contribution in [2.24, 2.45) is 0 Å². The number of anilines is 1. The predicted molar refractivity (Wildman–Crippen MR) is 127 cm³/mol. The molecule has 2 saturated heterocycles. The fraction of sp³-hybridized carbons (Fsp3) is 0.360. The number of rotatable bonds is 4. The van der Waals surface area contributed by atoms with Gasteiger partial charge in [0.1, 0.15) is 12.7 Å². The molecule has 3 amide bonds. The number of benzene rings is 2. The zero-order valence-corrected chi connectivity index (χ0v) is 19.4. The zero-order valence-electron chi connectivity index (χ0n) is 19.4. The number of carbonyl (C=O) groups excluding carboxylic acids is 2. The summed E-state index contributed by atoms with van der Waals surface area (Å²) >= 11 is 0. The molecule has 2 fully saturated rings. The highest BCUT2D eigenvalue weighted by molar-refractivity contribution is 5.95. The Morgan fingerprint density at radius 3 is 2.58 bits per heavy atom. The summed E-state index contributed by atoms with van der Waals surface area (Å²) in [6, 6.07) is 12.4. The maximum atomic E-state index is 13.0. The Morgan fingerprint density at radius 1 is 1.00 bits per heavy atom. The van der Waals surface area contributed by atoms with Crippen molar-refractivity contribution in [3.05, 3.63) is 76.6 Å². The molecule has 8 nitrogen and oxygen atoms in total. The van der Waals surface area contributed by atoms with Crippen molar-refractivity contribution in [3.63, 3.8) is 0 Å². The van der Waals surface area contributed by atoms with E-state index in [0.29, 0.717) is 0 Å². The van der Waals surface area contributed by atoms with Crippen LogP contribution >= 0.6 is 0 Å². The maximum Gasteiger partial charge on any atom is 0.340 e. The van der Waals surface area contributed by atoms with Gasteiger partial charge in [0.25, 0.3) is 0 Å². The molecule has 0 spiro atoms. The number of fused-ring (bicyclic) bond motifs is 3. The van der Waals surface area contributed by atoms with Gasteiger partial charge in [0, 0.05) is 18.1 Å². The predicted octanol–water partition coefficient (Wildman–Crippen LogP) is 3.23. The Hall–Kier alpha value is -3.36. The molecule has 3 aliphatic rings. The number of aryl methyl sites for hydroxylation is 4. The molecule has 2 aromatic carbocycles. The number of nitrogens with one attached hydrogen (secondary N) is 3. The number of hydrazine groups is 2. The number of hydrogen-bond acceptors (Lipinski definition) is 5. The smallest absolute Gasteiger partial charge is 0.324 e. The molecule has 3 N–H and O–H groups in total. The topological polar surface area (TPSA) is 80.0 Å². The van der Waals surface area contributed by atoms with Crippen molar-refractivity contribution in [1.29, 1.82) is 0 Å². The molecule has 2 aromatic rings. The van der Waals surface area contributed by atoms with E-state index in [2.05, 4.69) is 53.2 Å². The lowest BCUT2D eigenvalue weighted by molar-refractivity contribution is -0.117. The fourth-order valence-electron chi connectivity index (χ4n) is 4.82. The van der Waals surface area contributed by atoms with Gasteiger partial charge in [-0.3, -0.25) is 9.69 Å². The molecule has 0 bridgehead atoms. The number of carbonyl (C=O) groups is 2. The van der Waals surface area contributed by atoms with Gasteiger partial charge in [-0.2, -0.15) is 0 Å². The number of amides is 3. The minimum atomic E-state index is -0.236. The normalized spacial score (nSPS) is 23.7. The second-order valence-electron chi connectivity index (χ2n) is 9.25. The highest BCUT2D eigenvalue weighted by Crippen LogP contribution is 2.35. The largest absolute Gasteiger partial charge is 0.340 e. The van der Waals surface area contributed by atoms with E-state index in [1.54, 1.807) is 11.1 Å². The van der Waals surface area contributed by atoms with Gasteiger partial charge in [-0.05, 0) is 62.4 Å². The van der Waals surface area contributed by atoms with E-state index in [1.807, 2.05) is 38.2 Å². The van der Waals surface area contributed by atoms with Crippen molar-refractivity contribution < 1.29 is 9.59 Å². The molecular formula is C25H30N6O2. The van der Waals surface area contributed by atoms with Crippen LogP contribution in [0.4, 0.5) is 10.5 Å². The Kier molecular flexibility index (Phi) is 5.34. The molecule has 3 heterocycles. The van der Waals surface area contributed by atoms with E-state index < -0.39 is 0 Å². The maximum absolute atomic E-state index is 13.0. The van der Waals surface area contributed by atoms with E-state index >= 15 is 0 Å². The number of nitrogens with zero attached hydrogens (tertiary/aromatic N) is 3. The molecule has 8 heteroatoms. The van der Waals surface area contributed by atoms with E-state index in [4.69, 9.17) is 0 Å². The van der Waals surface area contributed by atoms with Crippen molar-refractivity contribution in [2.45, 2.75) is 52.4 Å². The average Bonchev–Trinajstić information content (AvgIpc) is 3.34. The van der Waals surface area contributed by atoms with Gasteiger partial charge in [-0.25, -0.2) is 20.7 Å². The lowest BCUT2D eigenvalue weighted by Crippen LogP contribution is -2.54. The molecule has 3 atom stereocenters. The van der Waals surface area contributed by atoms with Gasteiger partial charge in [0.2, 0.25) is 5.91 Å². The molecule has 0 radical (unpaired) electrons. The first-order chi connectivity index (χ1) is 15.8. The summed E-state index contributed by atoms with van der Waals surface area (Å²) in [6.45, 7) is 8.15. The van der Waals surface area contributed by atoms with Crippen molar-refractivity contribution in [1.82, 2.24) is 25.8 Å². The molecular weight excluding hydrogens is 416 g/mol. The highest BCUT2D eigenvalue weighted by atomic mass is 16.2. The number of urea groups is 1. The molecule has 3 aliphatic heterocycles. The molecule has 5 rings (SSSR count). The first kappa shape index (κ1) is 21.5. The van der Waals surface area contributed by atoms with Crippen molar-refractivity contribution in [3.8, 4) is 0 Å². The van der Waals surface area contributed by atoms with E-state index in [-0.39, 0.29) is 36.7 Å². The molecule has 172 valence electrons. The van der Waals surface area contributed by atoms with Crippen LogP contribution in [-0.2, 0) is 4.79 Å². The van der Waals surface area contributed by atoms with Crippen LogP contribution in [0.15, 0.2) is 48.8 Å². The van der Waals surface area contributed by atoms with Gasteiger partial charge < -0.3 is 10.3 Å². The Labute approximate surface area is 194 Å². The van der Waals surface area contributed by atoms with Crippen LogP contribution < -0.4 is 16.2 Å². The fourth-order valence-corrected chi connectivity index (χ4v) is 4.82. The van der Waals surface area contributed by atoms with Gasteiger partial charge in [0.05, 0.1) is 12.1 Å². The average molecular weight is 447 g/mol. The van der Waals surface area contributed by atoms with Crippen LogP contribution in [0.5, 0.6) is 0 Å². The third-order valence-electron chi connectivity index (χ3n) is 6.82. The molecule has 0 aliphatic carbocycles. The molecule has 3 unspecified atom stereocenters. The zero-order chi connectivity index (χ0) is 23.3. The van der Waals surface area contributed by atoms with Gasteiger partial charge in [0.15, 0.2) is 0 Å². The van der Waals surface area contributed by atoms with Crippen LogP contribution in [-0.4, -0.2) is 45.6 Å². The first-order valence-electron chi connectivity index (χ1n) is 11.3. The monoisotopic (exact) mass is 446 g/mol. The SMILES string of the molecule is Cc1ccc(NC(=O)CN2NC3C4CC(c5ccc(C)c(C)c5)NN4C=CN3C2=O)c(C)c1. The summed E-state index contributed by atoms with van der Waals surface area (Å²) < 4.78 is 0. The summed E-state index contributed by atoms with van der Waals surface area (Å²) in [6.07, 6.45) is 4.28. The van der Waals surface area contributed by atoms with Gasteiger partial charge in [-0.15, -0.1) is 0 Å². The number of hydrogen-bond donors (Lipinski definition) is 3. The Bertz CT molecular complexity index is 1150. The Balaban J connectivity index is 1.26. The third kappa shape index (κ3) is 3.96. The second kappa shape index (κ2) is 8.20. The Morgan fingerprint density at radius 2 is 1.82 bits per heavy atom. The molecule has 0 aromatic heterocycles. The molecule has 0 saturated carbocycles. The van der Waals surface area contributed by atoms with Crippen LogP contribution in [0, 0.1) is 27.7 Å². The minimum Gasteiger partial charge on any atom is -0.324 e. The van der Waals surface area contributed by atoms with E-state index in [0.717, 1.165) is 23.2 Å². The second-order valence-corrected chi connectivity index (χ2v) is 9.25. The van der Waals surface area contributed by atoms with Crippen molar-refractivity contribution >= 4 is 17.6 Å². The van der Waals surface area contributed by atoms with Crippen LogP contribution in [0.3, 0.4) is 0 Å². The van der Waals surface area contributed by atoms with Crippen molar-refractivity contribution in [2.75, 3.05) is 11.9 Å². The lowest BCUT2D eigenvalue weighted by atomic mass is 9.97. The van der Waals surface area contributed by atoms with Crippen LogP contribution in [0.1, 0.15) is 40.3 Å². The van der Waals surface area contributed by atoms with Gasteiger partial charge in [-0.1, -0.05) is 35.9 Å². The summed E-state index contributed by atoms with van der Waals surface area (Å²) in [5.41, 5.74) is 13.5. The minimum absolute atomic E-state index is 0.0537. The van der Waals surface area contributed by atoms with Gasteiger partial charge >= 0.3 is 6.03 Å². The standard InChI is InChI=1S/C25H30N6O2/c1-15-5-8-20(18(4)11-15)26-23(32)14-31-25(33)29-9-10-30-22(24(29)28-31)13-21(27-30)19-7-6-16(2)17(3)12-19/h5-12,21-22,24,27-28H,13-14H2,1-4H3,(H,26,32). The van der Waals surface area contributed by atoms with Crippen LogP contribution in [0.25, 0.3) is 0 Å².